The summed E-state index contributed by atoms with van der Waals surface area (Å²) in [6, 6.07) is 7.95. The van der Waals surface area contributed by atoms with Gasteiger partial charge in [-0.15, -0.1) is 0 Å². The zero-order valence-corrected chi connectivity index (χ0v) is 9.21. The molecule has 0 aromatic heterocycles. The standard InChI is InChI=1S/C12H19NO/c1-4-9-12(2,13)10-7-5-6-8-11(10)14-3/h5-8H,4,9,13H2,1-3H3. The topological polar surface area (TPSA) is 35.2 Å². The summed E-state index contributed by atoms with van der Waals surface area (Å²) in [4.78, 5) is 0. The Bertz CT molecular complexity index is 294. The molecule has 2 nitrogen and oxygen atoms in total. The maximum absolute atomic E-state index is 6.24. The van der Waals surface area contributed by atoms with Crippen LogP contribution in [0.2, 0.25) is 0 Å². The Morgan fingerprint density at radius 2 is 2.00 bits per heavy atom. The van der Waals surface area contributed by atoms with E-state index < -0.39 is 0 Å². The molecule has 0 aliphatic rings. The number of hydrogen-bond acceptors (Lipinski definition) is 2. The highest BCUT2D eigenvalue weighted by molar-refractivity contribution is 5.38. The van der Waals surface area contributed by atoms with Gasteiger partial charge in [-0.05, 0) is 19.4 Å². The lowest BCUT2D eigenvalue weighted by Crippen LogP contribution is -2.33. The molecule has 1 aromatic rings. The average molecular weight is 193 g/mol. The van der Waals surface area contributed by atoms with Gasteiger partial charge in [0.1, 0.15) is 5.75 Å². The van der Waals surface area contributed by atoms with Gasteiger partial charge in [0.15, 0.2) is 0 Å². The van der Waals surface area contributed by atoms with E-state index in [0.29, 0.717) is 0 Å². The number of ether oxygens (including phenoxy) is 1. The lowest BCUT2D eigenvalue weighted by Gasteiger charge is -2.26. The lowest BCUT2D eigenvalue weighted by atomic mass is 9.88. The summed E-state index contributed by atoms with van der Waals surface area (Å²) in [5.74, 6) is 0.881. The molecule has 2 heteroatoms. The third-order valence-corrected chi connectivity index (χ3v) is 2.49. The first-order valence-corrected chi connectivity index (χ1v) is 5.04. The summed E-state index contributed by atoms with van der Waals surface area (Å²) in [6.45, 7) is 4.19. The molecule has 0 saturated carbocycles. The second kappa shape index (κ2) is 4.47. The smallest absolute Gasteiger partial charge is 0.123 e. The van der Waals surface area contributed by atoms with Crippen LogP contribution in [0.4, 0.5) is 0 Å². The Morgan fingerprint density at radius 3 is 2.57 bits per heavy atom. The van der Waals surface area contributed by atoms with Crippen molar-refractivity contribution < 1.29 is 4.74 Å². The average Bonchev–Trinajstić information content (AvgIpc) is 2.18. The Balaban J connectivity index is 3.04. The van der Waals surface area contributed by atoms with E-state index in [9.17, 15) is 0 Å². The molecule has 0 aliphatic heterocycles. The summed E-state index contributed by atoms with van der Waals surface area (Å²) in [5, 5.41) is 0. The van der Waals surface area contributed by atoms with Gasteiger partial charge in [0.2, 0.25) is 0 Å². The van der Waals surface area contributed by atoms with Gasteiger partial charge in [0.25, 0.3) is 0 Å². The second-order valence-electron chi connectivity index (χ2n) is 3.87. The SMILES string of the molecule is CCCC(C)(N)c1ccccc1OC. The molecular formula is C12H19NO. The minimum atomic E-state index is -0.290. The van der Waals surface area contributed by atoms with E-state index >= 15 is 0 Å². The van der Waals surface area contributed by atoms with Crippen molar-refractivity contribution in [2.75, 3.05) is 7.11 Å². The van der Waals surface area contributed by atoms with E-state index in [1.54, 1.807) is 7.11 Å². The molecule has 0 saturated heterocycles. The summed E-state index contributed by atoms with van der Waals surface area (Å²) in [6.07, 6.45) is 2.04. The molecule has 78 valence electrons. The molecule has 2 N–H and O–H groups in total. The zero-order chi connectivity index (χ0) is 10.6. The van der Waals surface area contributed by atoms with Crippen molar-refractivity contribution in [3.63, 3.8) is 0 Å². The fraction of sp³-hybridized carbons (Fsp3) is 0.500. The summed E-state index contributed by atoms with van der Waals surface area (Å²) in [5.41, 5.74) is 7.04. The molecule has 0 radical (unpaired) electrons. The molecule has 0 amide bonds. The van der Waals surface area contributed by atoms with Crippen LogP contribution in [0.25, 0.3) is 0 Å². The Labute approximate surface area is 86.1 Å². The minimum absolute atomic E-state index is 0.290. The van der Waals surface area contributed by atoms with Crippen LogP contribution >= 0.6 is 0 Å². The first-order valence-electron chi connectivity index (χ1n) is 5.04. The third-order valence-electron chi connectivity index (χ3n) is 2.49. The van der Waals surface area contributed by atoms with E-state index in [-0.39, 0.29) is 5.54 Å². The van der Waals surface area contributed by atoms with Crippen molar-refractivity contribution in [3.8, 4) is 5.75 Å². The second-order valence-corrected chi connectivity index (χ2v) is 3.87. The van der Waals surface area contributed by atoms with E-state index in [4.69, 9.17) is 10.5 Å². The first kappa shape index (κ1) is 11.1. The number of methoxy groups -OCH3 is 1. The fourth-order valence-corrected chi connectivity index (χ4v) is 1.77. The number of nitrogens with two attached hydrogens (primary N) is 1. The van der Waals surface area contributed by atoms with Crippen molar-refractivity contribution in [1.29, 1.82) is 0 Å². The molecule has 1 aromatic carbocycles. The van der Waals surface area contributed by atoms with E-state index in [1.165, 1.54) is 0 Å². The van der Waals surface area contributed by atoms with Crippen molar-refractivity contribution in [1.82, 2.24) is 0 Å². The highest BCUT2D eigenvalue weighted by atomic mass is 16.5. The van der Waals surface area contributed by atoms with Crippen LogP contribution in [0.5, 0.6) is 5.75 Å². The molecule has 1 rings (SSSR count). The van der Waals surface area contributed by atoms with Gasteiger partial charge in [-0.2, -0.15) is 0 Å². The zero-order valence-electron chi connectivity index (χ0n) is 9.21. The van der Waals surface area contributed by atoms with E-state index in [0.717, 1.165) is 24.2 Å². The van der Waals surface area contributed by atoms with Crippen molar-refractivity contribution in [2.24, 2.45) is 5.73 Å². The molecule has 0 aliphatic carbocycles. The number of rotatable bonds is 4. The summed E-state index contributed by atoms with van der Waals surface area (Å²) < 4.78 is 5.30. The third kappa shape index (κ3) is 2.26. The molecule has 0 fully saturated rings. The van der Waals surface area contributed by atoms with Gasteiger partial charge in [0, 0.05) is 11.1 Å². The monoisotopic (exact) mass is 193 g/mol. The van der Waals surface area contributed by atoms with E-state index in [1.807, 2.05) is 31.2 Å². The predicted octanol–water partition coefficient (Wildman–Crippen LogP) is 2.67. The van der Waals surface area contributed by atoms with Crippen LogP contribution in [-0.2, 0) is 5.54 Å². The molecule has 0 bridgehead atoms. The van der Waals surface area contributed by atoms with Crippen molar-refractivity contribution >= 4 is 0 Å². The molecule has 1 unspecified atom stereocenters. The van der Waals surface area contributed by atoms with Gasteiger partial charge in [-0.3, -0.25) is 0 Å². The molecule has 0 spiro atoms. The fourth-order valence-electron chi connectivity index (χ4n) is 1.77. The van der Waals surface area contributed by atoms with Gasteiger partial charge in [0.05, 0.1) is 7.11 Å². The van der Waals surface area contributed by atoms with Crippen LogP contribution in [0.1, 0.15) is 32.3 Å². The van der Waals surface area contributed by atoms with Gasteiger partial charge in [-0.25, -0.2) is 0 Å². The maximum Gasteiger partial charge on any atom is 0.123 e. The number of para-hydroxylation sites is 1. The van der Waals surface area contributed by atoms with Crippen LogP contribution in [-0.4, -0.2) is 7.11 Å². The normalized spacial score (nSPS) is 14.9. The molecule has 14 heavy (non-hydrogen) atoms. The van der Waals surface area contributed by atoms with Crippen LogP contribution in [0.3, 0.4) is 0 Å². The Kier molecular flexibility index (Phi) is 3.53. The quantitative estimate of drug-likeness (QED) is 0.798. The lowest BCUT2D eigenvalue weighted by molar-refractivity contribution is 0.376. The number of benzene rings is 1. The summed E-state index contributed by atoms with van der Waals surface area (Å²) in [7, 11) is 1.68. The Morgan fingerprint density at radius 1 is 1.36 bits per heavy atom. The highest BCUT2D eigenvalue weighted by Crippen LogP contribution is 2.30. The van der Waals surface area contributed by atoms with Crippen LogP contribution in [0.15, 0.2) is 24.3 Å². The summed E-state index contributed by atoms with van der Waals surface area (Å²) >= 11 is 0. The molecule has 1 atom stereocenters. The van der Waals surface area contributed by atoms with Crippen molar-refractivity contribution in [3.05, 3.63) is 29.8 Å². The van der Waals surface area contributed by atoms with Gasteiger partial charge >= 0.3 is 0 Å². The first-order chi connectivity index (χ1) is 6.61. The largest absolute Gasteiger partial charge is 0.496 e. The van der Waals surface area contributed by atoms with Gasteiger partial charge in [-0.1, -0.05) is 31.5 Å². The van der Waals surface area contributed by atoms with Gasteiger partial charge < -0.3 is 10.5 Å². The predicted molar refractivity (Wildman–Crippen MR) is 59.4 cm³/mol. The van der Waals surface area contributed by atoms with Crippen LogP contribution in [0, 0.1) is 0 Å². The van der Waals surface area contributed by atoms with Crippen LogP contribution < -0.4 is 10.5 Å². The molecular weight excluding hydrogens is 174 g/mol. The van der Waals surface area contributed by atoms with E-state index in [2.05, 4.69) is 6.92 Å². The maximum atomic E-state index is 6.24. The highest BCUT2D eigenvalue weighted by Gasteiger charge is 2.23. The minimum Gasteiger partial charge on any atom is -0.496 e. The number of hydrogen-bond donors (Lipinski definition) is 1. The van der Waals surface area contributed by atoms with Crippen molar-refractivity contribution in [2.45, 2.75) is 32.2 Å². The molecule has 0 heterocycles. The Hall–Kier alpha value is -1.02.